The largest absolute Gasteiger partial charge is 0.416 e. The molecule has 3 fully saturated rings. The highest BCUT2D eigenvalue weighted by Crippen LogP contribution is 2.47. The molecule has 3 aliphatic rings. The Bertz CT molecular complexity index is 1020. The minimum atomic E-state index is -4.54. The molecule has 2 atom stereocenters. The Morgan fingerprint density at radius 2 is 1.75 bits per heavy atom. The van der Waals surface area contributed by atoms with E-state index < -0.39 is 32.9 Å². The zero-order chi connectivity index (χ0) is 23.3. The highest BCUT2D eigenvalue weighted by Gasteiger charge is 2.59. The van der Waals surface area contributed by atoms with Crippen molar-refractivity contribution in [2.45, 2.75) is 30.3 Å². The van der Waals surface area contributed by atoms with Gasteiger partial charge in [0.25, 0.3) is 5.91 Å². The van der Waals surface area contributed by atoms with E-state index >= 15 is 0 Å². The van der Waals surface area contributed by atoms with Crippen LogP contribution < -0.4 is 5.32 Å². The Morgan fingerprint density at radius 3 is 2.31 bits per heavy atom. The van der Waals surface area contributed by atoms with Crippen molar-refractivity contribution in [3.63, 3.8) is 0 Å². The van der Waals surface area contributed by atoms with Gasteiger partial charge < -0.3 is 10.2 Å². The van der Waals surface area contributed by atoms with Gasteiger partial charge >= 0.3 is 6.18 Å². The lowest BCUT2D eigenvalue weighted by Gasteiger charge is -2.34. The summed E-state index contributed by atoms with van der Waals surface area (Å²) in [5, 5.41) is 2.18. The molecule has 2 heterocycles. The van der Waals surface area contributed by atoms with Gasteiger partial charge in [-0.1, -0.05) is 12.6 Å². The number of alkyl halides is 3. The van der Waals surface area contributed by atoms with Crippen LogP contribution in [0.1, 0.15) is 28.8 Å². The zero-order valence-electron chi connectivity index (χ0n) is 17.2. The second kappa shape index (κ2) is 8.18. The number of nitrogens with zero attached hydrogens (tertiary/aromatic N) is 2. The maximum atomic E-state index is 13.0. The maximum absolute atomic E-state index is 13.0. The van der Waals surface area contributed by atoms with Crippen LogP contribution in [0.15, 0.2) is 36.9 Å². The number of carbonyl (C=O) groups is 2. The maximum Gasteiger partial charge on any atom is 0.416 e. The molecule has 32 heavy (non-hydrogen) atoms. The van der Waals surface area contributed by atoms with Gasteiger partial charge in [0.2, 0.25) is 15.9 Å². The predicted octanol–water partition coefficient (Wildman–Crippen LogP) is 1.87. The molecule has 1 aromatic rings. The van der Waals surface area contributed by atoms with E-state index in [0.717, 1.165) is 12.1 Å². The van der Waals surface area contributed by atoms with Gasteiger partial charge in [-0.25, -0.2) is 12.7 Å². The lowest BCUT2D eigenvalue weighted by atomic mass is 10.1. The molecule has 1 aliphatic carbocycles. The molecular weight excluding hydrogens is 447 g/mol. The van der Waals surface area contributed by atoms with E-state index in [-0.39, 0.29) is 55.3 Å². The van der Waals surface area contributed by atoms with Gasteiger partial charge in [0.15, 0.2) is 0 Å². The molecule has 1 saturated carbocycles. The standard InChI is InChI=1S/C21H24F3N3O4S/c1-2-18(28)25-19-16-11-27(12-17(16)19)32(30,31)15-6-8-26(9-7-15)20(29)13-4-3-5-14(10-13)21(22,23)24/h2-5,10,15-17,19H,1,6-9,11-12H2,(H,25,28). The van der Waals surface area contributed by atoms with Crippen molar-refractivity contribution in [2.24, 2.45) is 11.8 Å². The van der Waals surface area contributed by atoms with Gasteiger partial charge in [0, 0.05) is 37.8 Å². The van der Waals surface area contributed by atoms with Crippen molar-refractivity contribution in [3.05, 3.63) is 48.0 Å². The zero-order valence-corrected chi connectivity index (χ0v) is 18.0. The SMILES string of the molecule is C=CC(=O)NC1C2CN(S(=O)(=O)C3CCN(C(=O)c4cccc(C(F)(F)F)c4)CC3)CC21. The molecule has 174 valence electrons. The molecule has 7 nitrogen and oxygen atoms in total. The smallest absolute Gasteiger partial charge is 0.349 e. The van der Waals surface area contributed by atoms with Crippen LogP contribution in [-0.2, 0) is 21.0 Å². The first-order chi connectivity index (χ1) is 15.0. The van der Waals surface area contributed by atoms with E-state index in [1.54, 1.807) is 0 Å². The van der Waals surface area contributed by atoms with Crippen molar-refractivity contribution in [3.8, 4) is 0 Å². The Balaban J connectivity index is 1.33. The highest BCUT2D eigenvalue weighted by molar-refractivity contribution is 7.89. The number of benzene rings is 1. The summed E-state index contributed by atoms with van der Waals surface area (Å²) >= 11 is 0. The Morgan fingerprint density at radius 1 is 1.12 bits per heavy atom. The highest BCUT2D eigenvalue weighted by atomic mass is 32.2. The van der Waals surface area contributed by atoms with Crippen LogP contribution in [0.4, 0.5) is 13.2 Å². The third-order valence-electron chi connectivity index (χ3n) is 6.60. The number of likely N-dealkylation sites (tertiary alicyclic amines) is 1. The molecule has 2 unspecified atom stereocenters. The molecular formula is C21H24F3N3O4S. The van der Waals surface area contributed by atoms with Crippen LogP contribution in [0, 0.1) is 11.8 Å². The van der Waals surface area contributed by atoms with Gasteiger partial charge in [-0.15, -0.1) is 0 Å². The Hall–Kier alpha value is -2.40. The van der Waals surface area contributed by atoms with E-state index in [2.05, 4.69) is 11.9 Å². The topological polar surface area (TPSA) is 86.8 Å². The van der Waals surface area contributed by atoms with E-state index in [1.165, 1.54) is 27.4 Å². The summed E-state index contributed by atoms with van der Waals surface area (Å²) in [7, 11) is -3.55. The van der Waals surface area contributed by atoms with Gasteiger partial charge in [0.05, 0.1) is 10.8 Å². The molecule has 0 radical (unpaired) electrons. The molecule has 11 heteroatoms. The van der Waals surface area contributed by atoms with Crippen LogP contribution >= 0.6 is 0 Å². The summed E-state index contributed by atoms with van der Waals surface area (Å²) in [4.78, 5) is 25.5. The van der Waals surface area contributed by atoms with Crippen molar-refractivity contribution in [2.75, 3.05) is 26.2 Å². The summed E-state index contributed by atoms with van der Waals surface area (Å²) < 4.78 is 66.3. The third kappa shape index (κ3) is 4.27. The number of hydrogen-bond acceptors (Lipinski definition) is 4. The van der Waals surface area contributed by atoms with Crippen LogP contribution in [-0.4, -0.2) is 66.9 Å². The van der Waals surface area contributed by atoms with Gasteiger partial charge in [-0.05, 0) is 49.0 Å². The van der Waals surface area contributed by atoms with E-state index in [4.69, 9.17) is 0 Å². The summed E-state index contributed by atoms with van der Waals surface area (Å²) in [6.07, 6.45) is -2.89. The number of piperidine rings is 2. The molecule has 0 aromatic heterocycles. The first-order valence-corrected chi connectivity index (χ1v) is 11.9. The van der Waals surface area contributed by atoms with E-state index in [0.29, 0.717) is 13.1 Å². The van der Waals surface area contributed by atoms with Crippen LogP contribution in [0.25, 0.3) is 0 Å². The molecule has 2 aliphatic heterocycles. The van der Waals surface area contributed by atoms with Crippen molar-refractivity contribution >= 4 is 21.8 Å². The average molecular weight is 472 g/mol. The molecule has 2 saturated heterocycles. The number of amides is 2. The fourth-order valence-electron chi connectivity index (χ4n) is 4.71. The van der Waals surface area contributed by atoms with Crippen molar-refractivity contribution in [1.29, 1.82) is 0 Å². The molecule has 0 bridgehead atoms. The monoisotopic (exact) mass is 471 g/mol. The van der Waals surface area contributed by atoms with Crippen LogP contribution in [0.5, 0.6) is 0 Å². The summed E-state index contributed by atoms with van der Waals surface area (Å²) in [5.74, 6) is -0.584. The lowest BCUT2D eigenvalue weighted by Crippen LogP contribution is -2.47. The number of fused-ring (bicyclic) bond motifs is 1. The lowest BCUT2D eigenvalue weighted by molar-refractivity contribution is -0.137. The summed E-state index contributed by atoms with van der Waals surface area (Å²) in [6, 6.07) is 4.24. The van der Waals surface area contributed by atoms with Crippen LogP contribution in [0.3, 0.4) is 0 Å². The normalized spacial score (nSPS) is 26.5. The number of carbonyl (C=O) groups excluding carboxylic acids is 2. The average Bonchev–Trinajstić information content (AvgIpc) is 3.19. The molecule has 1 N–H and O–H groups in total. The van der Waals surface area contributed by atoms with Crippen molar-refractivity contribution < 1.29 is 31.2 Å². The van der Waals surface area contributed by atoms with Gasteiger partial charge in [-0.2, -0.15) is 13.2 Å². The molecule has 0 spiro atoms. The number of rotatable bonds is 5. The summed E-state index contributed by atoms with van der Waals surface area (Å²) in [6.45, 7) is 4.46. The second-order valence-corrected chi connectivity index (χ2v) is 10.7. The Kier molecular flexibility index (Phi) is 5.83. The fourth-order valence-corrected chi connectivity index (χ4v) is 6.70. The minimum absolute atomic E-state index is 0.0149. The number of sulfonamides is 1. The number of nitrogens with one attached hydrogen (secondary N) is 1. The minimum Gasteiger partial charge on any atom is -0.349 e. The van der Waals surface area contributed by atoms with E-state index in [9.17, 15) is 31.2 Å². The second-order valence-electron chi connectivity index (χ2n) is 8.50. The quantitative estimate of drug-likeness (QED) is 0.665. The number of halogens is 3. The van der Waals surface area contributed by atoms with Crippen LogP contribution in [0.2, 0.25) is 0 Å². The first-order valence-electron chi connectivity index (χ1n) is 10.4. The molecule has 2 amide bonds. The fraction of sp³-hybridized carbons (Fsp3) is 0.524. The van der Waals surface area contributed by atoms with Crippen molar-refractivity contribution in [1.82, 2.24) is 14.5 Å². The predicted molar refractivity (Wildman–Crippen MR) is 110 cm³/mol. The molecule has 1 aromatic carbocycles. The van der Waals surface area contributed by atoms with Gasteiger partial charge in [-0.3, -0.25) is 9.59 Å². The first kappa shape index (κ1) is 22.8. The summed E-state index contributed by atoms with van der Waals surface area (Å²) in [5.41, 5.74) is -0.954. The van der Waals surface area contributed by atoms with E-state index in [1.807, 2.05) is 0 Å². The Labute approximate surface area is 184 Å². The number of hydrogen-bond donors (Lipinski definition) is 1. The third-order valence-corrected chi connectivity index (χ3v) is 8.93. The molecule has 4 rings (SSSR count). The van der Waals surface area contributed by atoms with Gasteiger partial charge in [0.1, 0.15) is 0 Å².